The van der Waals surface area contributed by atoms with Crippen LogP contribution in [0.4, 0.5) is 5.95 Å². The van der Waals surface area contributed by atoms with E-state index in [1.54, 1.807) is 6.20 Å². The predicted molar refractivity (Wildman–Crippen MR) is 98.0 cm³/mol. The molecule has 1 aromatic carbocycles. The summed E-state index contributed by atoms with van der Waals surface area (Å²) in [7, 11) is 0. The highest BCUT2D eigenvalue weighted by Crippen LogP contribution is 2.34. The number of fused-ring (bicyclic) bond motifs is 1. The second kappa shape index (κ2) is 5.69. The third kappa shape index (κ3) is 2.42. The summed E-state index contributed by atoms with van der Waals surface area (Å²) >= 11 is 0. The topological polar surface area (TPSA) is 46.8 Å². The SMILES string of the molecule is C[C@H]1CCN1c1nc2c(c(-c3ccc(-n4cccn4)cc3)n1)CCC2. The average Bonchev–Trinajstić information content (AvgIpc) is 3.31. The fourth-order valence-corrected chi connectivity index (χ4v) is 3.79. The van der Waals surface area contributed by atoms with Gasteiger partial charge in [0.05, 0.1) is 11.4 Å². The number of anilines is 1. The van der Waals surface area contributed by atoms with Gasteiger partial charge >= 0.3 is 0 Å². The lowest BCUT2D eigenvalue weighted by atomic mass is 10.0. The van der Waals surface area contributed by atoms with E-state index in [0.29, 0.717) is 6.04 Å². The molecule has 0 spiro atoms. The summed E-state index contributed by atoms with van der Waals surface area (Å²) in [4.78, 5) is 12.2. The van der Waals surface area contributed by atoms with E-state index in [-0.39, 0.29) is 0 Å². The molecule has 0 radical (unpaired) electrons. The summed E-state index contributed by atoms with van der Waals surface area (Å²) < 4.78 is 1.88. The molecule has 1 atom stereocenters. The molecule has 0 amide bonds. The Morgan fingerprint density at radius 1 is 1.08 bits per heavy atom. The highest BCUT2D eigenvalue weighted by molar-refractivity contribution is 5.67. The quantitative estimate of drug-likeness (QED) is 0.738. The smallest absolute Gasteiger partial charge is 0.226 e. The molecule has 3 aromatic rings. The Balaban J connectivity index is 1.56. The number of nitrogens with zero attached hydrogens (tertiary/aromatic N) is 5. The van der Waals surface area contributed by atoms with E-state index in [1.807, 2.05) is 16.9 Å². The lowest BCUT2D eigenvalue weighted by molar-refractivity contribution is 0.470. The maximum atomic E-state index is 4.97. The zero-order valence-electron chi connectivity index (χ0n) is 14.4. The first-order valence-electron chi connectivity index (χ1n) is 9.06. The largest absolute Gasteiger partial charge is 0.338 e. The van der Waals surface area contributed by atoms with Crippen molar-refractivity contribution >= 4 is 5.95 Å². The second-order valence-corrected chi connectivity index (χ2v) is 6.98. The minimum absolute atomic E-state index is 0.550. The van der Waals surface area contributed by atoms with Crippen LogP contribution < -0.4 is 4.90 Å². The van der Waals surface area contributed by atoms with Gasteiger partial charge in [-0.1, -0.05) is 12.1 Å². The van der Waals surface area contributed by atoms with Gasteiger partial charge in [-0.25, -0.2) is 14.6 Å². The van der Waals surface area contributed by atoms with E-state index in [9.17, 15) is 0 Å². The number of aryl methyl sites for hydroxylation is 1. The van der Waals surface area contributed by atoms with Crippen molar-refractivity contribution in [2.24, 2.45) is 0 Å². The van der Waals surface area contributed by atoms with Crippen molar-refractivity contribution in [2.75, 3.05) is 11.4 Å². The molecule has 5 rings (SSSR count). The zero-order chi connectivity index (χ0) is 16.8. The van der Waals surface area contributed by atoms with Crippen molar-refractivity contribution in [1.82, 2.24) is 19.7 Å². The molecule has 0 N–H and O–H groups in total. The molecule has 25 heavy (non-hydrogen) atoms. The van der Waals surface area contributed by atoms with Gasteiger partial charge in [0.15, 0.2) is 0 Å². The molecule has 1 aliphatic heterocycles. The van der Waals surface area contributed by atoms with Gasteiger partial charge in [0.25, 0.3) is 0 Å². The molecule has 2 aliphatic rings. The Labute approximate surface area is 147 Å². The van der Waals surface area contributed by atoms with E-state index >= 15 is 0 Å². The Bertz CT molecular complexity index is 899. The fraction of sp³-hybridized carbons (Fsp3) is 0.350. The van der Waals surface area contributed by atoms with Crippen LogP contribution in [0.3, 0.4) is 0 Å². The molecule has 5 heteroatoms. The molecule has 0 saturated carbocycles. The lowest BCUT2D eigenvalue weighted by Gasteiger charge is -2.39. The monoisotopic (exact) mass is 331 g/mol. The number of hydrogen-bond donors (Lipinski definition) is 0. The second-order valence-electron chi connectivity index (χ2n) is 6.98. The summed E-state index contributed by atoms with van der Waals surface area (Å²) in [5.41, 5.74) is 5.93. The Morgan fingerprint density at radius 2 is 1.96 bits per heavy atom. The number of rotatable bonds is 3. The van der Waals surface area contributed by atoms with E-state index in [2.05, 4.69) is 41.2 Å². The van der Waals surface area contributed by atoms with Crippen LogP contribution in [-0.2, 0) is 12.8 Å². The van der Waals surface area contributed by atoms with Crippen molar-refractivity contribution < 1.29 is 0 Å². The molecule has 0 unspecified atom stereocenters. The van der Waals surface area contributed by atoms with Gasteiger partial charge in [0.1, 0.15) is 0 Å². The van der Waals surface area contributed by atoms with Crippen LogP contribution in [0, 0.1) is 0 Å². The first-order valence-corrected chi connectivity index (χ1v) is 9.06. The summed E-state index contributed by atoms with van der Waals surface area (Å²) in [6.45, 7) is 3.32. The molecule has 3 heterocycles. The third-order valence-electron chi connectivity index (χ3n) is 5.41. The van der Waals surface area contributed by atoms with Crippen LogP contribution in [0.25, 0.3) is 16.9 Å². The predicted octanol–water partition coefficient (Wildman–Crippen LogP) is 3.42. The molecule has 1 saturated heterocycles. The van der Waals surface area contributed by atoms with Gasteiger partial charge in [-0.15, -0.1) is 0 Å². The van der Waals surface area contributed by atoms with Gasteiger partial charge in [-0.3, -0.25) is 0 Å². The van der Waals surface area contributed by atoms with Crippen LogP contribution in [-0.4, -0.2) is 32.3 Å². The van der Waals surface area contributed by atoms with E-state index in [1.165, 1.54) is 29.7 Å². The van der Waals surface area contributed by atoms with Crippen molar-refractivity contribution in [1.29, 1.82) is 0 Å². The van der Waals surface area contributed by atoms with Crippen LogP contribution in [0.5, 0.6) is 0 Å². The van der Waals surface area contributed by atoms with E-state index in [4.69, 9.17) is 9.97 Å². The van der Waals surface area contributed by atoms with Crippen molar-refractivity contribution in [3.63, 3.8) is 0 Å². The van der Waals surface area contributed by atoms with Gasteiger partial charge < -0.3 is 4.90 Å². The standard InChI is InChI=1S/C20H21N5/c1-14-10-13-24(14)20-22-18-5-2-4-17(18)19(23-20)15-6-8-16(9-7-15)25-12-3-11-21-25/h3,6-9,11-12,14H,2,4-5,10,13H2,1H3/t14-/m0/s1. The third-order valence-corrected chi connectivity index (χ3v) is 5.41. The van der Waals surface area contributed by atoms with Crippen LogP contribution >= 0.6 is 0 Å². The van der Waals surface area contributed by atoms with Crippen LogP contribution in [0.2, 0.25) is 0 Å². The van der Waals surface area contributed by atoms with E-state index < -0.39 is 0 Å². The molecule has 1 aliphatic carbocycles. The molecule has 5 nitrogen and oxygen atoms in total. The summed E-state index contributed by atoms with van der Waals surface area (Å²) in [6, 6.07) is 11.0. The van der Waals surface area contributed by atoms with Gasteiger partial charge in [-0.2, -0.15) is 5.10 Å². The van der Waals surface area contributed by atoms with Gasteiger partial charge in [-0.05, 0) is 50.8 Å². The first kappa shape index (κ1) is 14.6. The van der Waals surface area contributed by atoms with Crippen molar-refractivity contribution in [2.45, 2.75) is 38.6 Å². The Hall–Kier alpha value is -2.69. The molecule has 1 fully saturated rings. The van der Waals surface area contributed by atoms with Crippen molar-refractivity contribution in [3.05, 3.63) is 54.0 Å². The Morgan fingerprint density at radius 3 is 2.64 bits per heavy atom. The fourth-order valence-electron chi connectivity index (χ4n) is 3.79. The average molecular weight is 331 g/mol. The molecule has 0 bridgehead atoms. The lowest BCUT2D eigenvalue weighted by Crippen LogP contribution is -2.46. The molecular formula is C20H21N5. The minimum Gasteiger partial charge on any atom is -0.338 e. The zero-order valence-corrected chi connectivity index (χ0v) is 14.4. The maximum Gasteiger partial charge on any atom is 0.226 e. The summed E-state index contributed by atoms with van der Waals surface area (Å²) in [5.74, 6) is 0.908. The highest BCUT2D eigenvalue weighted by Gasteiger charge is 2.29. The highest BCUT2D eigenvalue weighted by atomic mass is 15.3. The summed E-state index contributed by atoms with van der Waals surface area (Å²) in [6.07, 6.45) is 8.33. The number of aromatic nitrogens is 4. The molecule has 126 valence electrons. The Kier molecular flexibility index (Phi) is 3.33. The van der Waals surface area contributed by atoms with Crippen molar-refractivity contribution in [3.8, 4) is 16.9 Å². The molecule has 2 aromatic heterocycles. The number of benzene rings is 1. The maximum absolute atomic E-state index is 4.97. The van der Waals surface area contributed by atoms with Gasteiger partial charge in [0, 0.05) is 41.8 Å². The van der Waals surface area contributed by atoms with E-state index in [0.717, 1.165) is 36.7 Å². The van der Waals surface area contributed by atoms with Crippen LogP contribution in [0.1, 0.15) is 31.0 Å². The number of hydrogen-bond acceptors (Lipinski definition) is 4. The normalized spacial score (nSPS) is 18.9. The summed E-state index contributed by atoms with van der Waals surface area (Å²) in [5, 5.41) is 4.30. The minimum atomic E-state index is 0.550. The first-order chi connectivity index (χ1) is 12.3. The van der Waals surface area contributed by atoms with Gasteiger partial charge in [0.2, 0.25) is 5.95 Å². The molecular weight excluding hydrogens is 310 g/mol. The van der Waals surface area contributed by atoms with Crippen LogP contribution in [0.15, 0.2) is 42.7 Å².